The number of hydrogen-bond donors (Lipinski definition) is 1. The molecule has 4 rings (SSSR count). The van der Waals surface area contributed by atoms with Crippen LogP contribution in [0.15, 0.2) is 17.1 Å². The molecule has 2 fully saturated rings. The molecule has 9 nitrogen and oxygen atoms in total. The number of ether oxygens (including phenoxy) is 1. The molecule has 2 aromatic rings. The van der Waals surface area contributed by atoms with Crippen LogP contribution < -0.4 is 5.56 Å². The highest BCUT2D eigenvalue weighted by molar-refractivity contribution is 5.95. The van der Waals surface area contributed by atoms with E-state index in [9.17, 15) is 9.59 Å². The van der Waals surface area contributed by atoms with Crippen molar-refractivity contribution in [2.45, 2.75) is 33.2 Å². The van der Waals surface area contributed by atoms with Crippen molar-refractivity contribution in [3.63, 3.8) is 0 Å². The summed E-state index contributed by atoms with van der Waals surface area (Å²) in [5, 5.41) is 2.80. The molecule has 9 heteroatoms. The van der Waals surface area contributed by atoms with E-state index in [2.05, 4.69) is 38.8 Å². The molecule has 4 heterocycles. The van der Waals surface area contributed by atoms with E-state index in [0.29, 0.717) is 28.9 Å². The Bertz CT molecular complexity index is 967. The fourth-order valence-corrected chi connectivity index (χ4v) is 4.65. The van der Waals surface area contributed by atoms with Gasteiger partial charge in [-0.2, -0.15) is 0 Å². The lowest BCUT2D eigenvalue weighted by Gasteiger charge is -2.44. The van der Waals surface area contributed by atoms with Crippen LogP contribution in [-0.2, 0) is 11.3 Å². The molecule has 0 saturated carbocycles. The molecule has 2 aliphatic rings. The molecular weight excluding hydrogens is 396 g/mol. The number of carbonyl (C=O) groups excluding carboxylic acids is 1. The molecule has 2 aromatic heterocycles. The summed E-state index contributed by atoms with van der Waals surface area (Å²) < 4.78 is 6.37. The summed E-state index contributed by atoms with van der Waals surface area (Å²) in [7, 11) is 2.19. The van der Waals surface area contributed by atoms with Crippen LogP contribution in [0.4, 0.5) is 0 Å². The van der Waals surface area contributed by atoms with Crippen LogP contribution in [0.3, 0.4) is 0 Å². The average molecular weight is 431 g/mol. The van der Waals surface area contributed by atoms with Gasteiger partial charge in [0.2, 0.25) is 0 Å². The molecule has 0 aromatic carbocycles. The highest BCUT2D eigenvalue weighted by Gasteiger charge is 2.32. The molecule has 0 amide bonds. The van der Waals surface area contributed by atoms with E-state index in [0.717, 1.165) is 58.7 Å². The molecule has 2 saturated heterocycles. The van der Waals surface area contributed by atoms with Gasteiger partial charge in [-0.15, -0.1) is 0 Å². The van der Waals surface area contributed by atoms with E-state index in [-0.39, 0.29) is 12.2 Å². The zero-order valence-electron chi connectivity index (χ0n) is 18.9. The lowest BCUT2D eigenvalue weighted by molar-refractivity contribution is 0.0513. The van der Waals surface area contributed by atoms with Crippen LogP contribution in [0.5, 0.6) is 0 Å². The number of piperazine rings is 1. The van der Waals surface area contributed by atoms with Crippen LogP contribution >= 0.6 is 0 Å². The summed E-state index contributed by atoms with van der Waals surface area (Å²) in [6.45, 7) is 12.8. The molecule has 0 aliphatic carbocycles. The van der Waals surface area contributed by atoms with Crippen molar-refractivity contribution in [2.75, 3.05) is 59.5 Å². The average Bonchev–Trinajstić information content (AvgIpc) is 3.17. The smallest absolute Gasteiger partial charge is 0.343 e. The fraction of sp³-hybridized carbons (Fsp3) is 0.682. The minimum absolute atomic E-state index is 0.215. The Morgan fingerprint density at radius 1 is 1.16 bits per heavy atom. The Morgan fingerprint density at radius 2 is 1.87 bits per heavy atom. The van der Waals surface area contributed by atoms with Crippen molar-refractivity contribution < 1.29 is 9.53 Å². The van der Waals surface area contributed by atoms with E-state index in [1.165, 1.54) is 10.7 Å². The predicted molar refractivity (Wildman–Crippen MR) is 118 cm³/mol. The number of fused-ring (bicyclic) bond motifs is 1. The van der Waals surface area contributed by atoms with Gasteiger partial charge in [-0.1, -0.05) is 6.92 Å². The van der Waals surface area contributed by atoms with Gasteiger partial charge in [-0.3, -0.25) is 14.8 Å². The van der Waals surface area contributed by atoms with Crippen molar-refractivity contribution in [3.05, 3.63) is 33.9 Å². The van der Waals surface area contributed by atoms with Crippen molar-refractivity contribution in [1.29, 1.82) is 0 Å². The molecule has 170 valence electrons. The zero-order valence-corrected chi connectivity index (χ0v) is 18.9. The Hall–Kier alpha value is -2.23. The van der Waals surface area contributed by atoms with Gasteiger partial charge in [0.1, 0.15) is 5.56 Å². The molecule has 2 aliphatic heterocycles. The predicted octanol–water partition coefficient (Wildman–Crippen LogP) is 1.05. The number of nitrogens with one attached hydrogen (secondary N) is 1. The SMILES string of the molecule is CCOC(=O)c1c[nH]n2c(=O)cc(CN3CCC(C)(CN4CCN(C)CC4)CC3)nc12. The summed E-state index contributed by atoms with van der Waals surface area (Å²) in [5.74, 6) is -0.469. The maximum atomic E-state index is 12.5. The first-order valence-corrected chi connectivity index (χ1v) is 11.3. The summed E-state index contributed by atoms with van der Waals surface area (Å²) in [5.41, 5.74) is 1.43. The Kier molecular flexibility index (Phi) is 6.45. The largest absolute Gasteiger partial charge is 0.462 e. The first-order valence-electron chi connectivity index (χ1n) is 11.3. The third-order valence-corrected chi connectivity index (χ3v) is 6.70. The highest BCUT2D eigenvalue weighted by atomic mass is 16.5. The third kappa shape index (κ3) is 4.99. The molecule has 0 spiro atoms. The van der Waals surface area contributed by atoms with Crippen molar-refractivity contribution in [1.82, 2.24) is 29.3 Å². The molecule has 1 N–H and O–H groups in total. The molecule has 0 bridgehead atoms. The van der Waals surface area contributed by atoms with E-state index in [1.54, 1.807) is 13.0 Å². The monoisotopic (exact) mass is 430 g/mol. The number of aromatic nitrogens is 3. The van der Waals surface area contributed by atoms with Gasteiger partial charge < -0.3 is 14.5 Å². The number of carbonyl (C=O) groups is 1. The van der Waals surface area contributed by atoms with Crippen molar-refractivity contribution in [3.8, 4) is 0 Å². The number of likely N-dealkylation sites (N-methyl/N-ethyl adjacent to an activating group) is 1. The van der Waals surface area contributed by atoms with E-state index >= 15 is 0 Å². The number of rotatable bonds is 6. The number of esters is 1. The summed E-state index contributed by atoms with van der Waals surface area (Å²) in [4.78, 5) is 36.6. The van der Waals surface area contributed by atoms with Crippen LogP contribution in [0.2, 0.25) is 0 Å². The summed E-state index contributed by atoms with van der Waals surface area (Å²) >= 11 is 0. The Labute approximate surface area is 183 Å². The molecule has 0 unspecified atom stereocenters. The maximum Gasteiger partial charge on any atom is 0.343 e. The van der Waals surface area contributed by atoms with E-state index in [1.807, 2.05) is 0 Å². The summed E-state index contributed by atoms with van der Waals surface area (Å²) in [6, 6.07) is 1.55. The van der Waals surface area contributed by atoms with Gasteiger partial charge in [-0.25, -0.2) is 14.3 Å². The number of likely N-dealkylation sites (tertiary alicyclic amines) is 1. The standard InChI is InChI=1S/C22H34N6O3/c1-4-31-21(30)18-14-23-28-19(29)13-17(24-20(18)28)15-26-7-5-22(2,6-8-26)16-27-11-9-25(3)10-12-27/h13-14,23H,4-12,15-16H2,1-3H3. The van der Waals surface area contributed by atoms with Crippen LogP contribution in [0.25, 0.3) is 5.65 Å². The second kappa shape index (κ2) is 9.10. The molecule has 31 heavy (non-hydrogen) atoms. The first-order chi connectivity index (χ1) is 14.9. The number of aromatic amines is 1. The van der Waals surface area contributed by atoms with Gasteiger partial charge in [0.25, 0.3) is 5.56 Å². The number of nitrogens with zero attached hydrogens (tertiary/aromatic N) is 5. The van der Waals surface area contributed by atoms with Gasteiger partial charge in [-0.05, 0) is 45.3 Å². The number of hydrogen-bond acceptors (Lipinski definition) is 7. The number of piperidine rings is 1. The normalized spacial score (nSPS) is 20.9. The van der Waals surface area contributed by atoms with Crippen LogP contribution in [0.1, 0.15) is 42.7 Å². The topological polar surface area (TPSA) is 86.2 Å². The van der Waals surface area contributed by atoms with Gasteiger partial charge >= 0.3 is 5.97 Å². The fourth-order valence-electron chi connectivity index (χ4n) is 4.65. The van der Waals surface area contributed by atoms with Crippen molar-refractivity contribution >= 4 is 11.6 Å². The Balaban J connectivity index is 1.39. The second-order valence-corrected chi connectivity index (χ2v) is 9.32. The second-order valence-electron chi connectivity index (χ2n) is 9.32. The first kappa shape index (κ1) is 22.0. The van der Waals surface area contributed by atoms with Gasteiger partial charge in [0.15, 0.2) is 5.65 Å². The van der Waals surface area contributed by atoms with Crippen molar-refractivity contribution in [2.24, 2.45) is 5.41 Å². The quantitative estimate of drug-likeness (QED) is 0.686. The molecule has 0 radical (unpaired) electrons. The lowest BCUT2D eigenvalue weighted by atomic mass is 9.79. The minimum Gasteiger partial charge on any atom is -0.462 e. The zero-order chi connectivity index (χ0) is 22.0. The third-order valence-electron chi connectivity index (χ3n) is 6.70. The lowest BCUT2D eigenvalue weighted by Crippen LogP contribution is -2.50. The van der Waals surface area contributed by atoms with Gasteiger partial charge in [0, 0.05) is 51.5 Å². The molecular formula is C22H34N6O3. The van der Waals surface area contributed by atoms with Gasteiger partial charge in [0.05, 0.1) is 12.3 Å². The van der Waals surface area contributed by atoms with E-state index in [4.69, 9.17) is 4.74 Å². The highest BCUT2D eigenvalue weighted by Crippen LogP contribution is 2.32. The number of H-pyrrole nitrogens is 1. The molecule has 0 atom stereocenters. The van der Waals surface area contributed by atoms with E-state index < -0.39 is 5.97 Å². The Morgan fingerprint density at radius 3 is 2.55 bits per heavy atom. The van der Waals surface area contributed by atoms with Crippen LogP contribution in [-0.4, -0.2) is 94.7 Å². The maximum absolute atomic E-state index is 12.5. The van der Waals surface area contributed by atoms with Crippen LogP contribution in [0, 0.1) is 5.41 Å². The minimum atomic E-state index is -0.469. The summed E-state index contributed by atoms with van der Waals surface area (Å²) in [6.07, 6.45) is 3.76.